The number of ether oxygens (including phenoxy) is 1. The summed E-state index contributed by atoms with van der Waals surface area (Å²) >= 11 is 0. The number of carbonyl (C=O) groups excluding carboxylic acids is 2. The summed E-state index contributed by atoms with van der Waals surface area (Å²) in [4.78, 5) is 34.1. The monoisotopic (exact) mass is 469 g/mol. The van der Waals surface area contributed by atoms with Crippen LogP contribution < -0.4 is 5.32 Å². The van der Waals surface area contributed by atoms with Gasteiger partial charge in [-0.2, -0.15) is 9.78 Å². The van der Waals surface area contributed by atoms with Crippen LogP contribution in [0.1, 0.15) is 40.5 Å². The molecule has 2 aromatic carbocycles. The second-order valence-corrected chi connectivity index (χ2v) is 8.32. The molecule has 0 saturated heterocycles. The molecule has 2 aromatic heterocycles. The molecular weight excluding hydrogens is 442 g/mol. The number of aryl methyl sites for hydroxylation is 3. The highest BCUT2D eigenvalue weighted by Gasteiger charge is 2.20. The molecule has 0 bridgehead atoms. The highest BCUT2D eigenvalue weighted by atomic mass is 16.5. The Labute approximate surface area is 204 Å². The standard InChI is InChI=1S/C27H27N5O3/c1-18-14-19(2)29-27(28-18)32-24(15-20(3)31-32)30-25(33)17-35-26(34)16-23(21-10-6-4-7-11-21)22-12-8-5-9-13-22/h4-15,23H,16-17H2,1-3H3,(H,30,33). The molecule has 35 heavy (non-hydrogen) atoms. The van der Waals surface area contributed by atoms with E-state index in [-0.39, 0.29) is 12.3 Å². The number of rotatable bonds is 8. The minimum atomic E-state index is -0.472. The Hall–Kier alpha value is -4.33. The molecule has 8 heteroatoms. The molecule has 0 atom stereocenters. The molecule has 0 spiro atoms. The number of esters is 1. The van der Waals surface area contributed by atoms with Gasteiger partial charge >= 0.3 is 5.97 Å². The van der Waals surface area contributed by atoms with Gasteiger partial charge in [-0.3, -0.25) is 9.59 Å². The van der Waals surface area contributed by atoms with Crippen LogP contribution in [0.2, 0.25) is 0 Å². The first-order chi connectivity index (χ1) is 16.9. The summed E-state index contributed by atoms with van der Waals surface area (Å²) in [6, 6.07) is 23.1. The zero-order valence-corrected chi connectivity index (χ0v) is 19.9. The smallest absolute Gasteiger partial charge is 0.307 e. The average molecular weight is 470 g/mol. The predicted octanol–water partition coefficient (Wildman–Crippen LogP) is 4.29. The van der Waals surface area contributed by atoms with Crippen molar-refractivity contribution in [1.29, 1.82) is 0 Å². The molecule has 4 rings (SSSR count). The fraction of sp³-hybridized carbons (Fsp3) is 0.222. The van der Waals surface area contributed by atoms with Crippen molar-refractivity contribution in [2.45, 2.75) is 33.1 Å². The van der Waals surface area contributed by atoms with Crippen molar-refractivity contribution in [3.63, 3.8) is 0 Å². The van der Waals surface area contributed by atoms with Crippen LogP contribution in [0, 0.1) is 20.8 Å². The van der Waals surface area contributed by atoms with E-state index in [2.05, 4.69) is 20.4 Å². The van der Waals surface area contributed by atoms with Gasteiger partial charge in [0.25, 0.3) is 11.9 Å². The van der Waals surface area contributed by atoms with Gasteiger partial charge < -0.3 is 10.1 Å². The van der Waals surface area contributed by atoms with Crippen LogP contribution in [-0.2, 0) is 14.3 Å². The van der Waals surface area contributed by atoms with Gasteiger partial charge in [0.15, 0.2) is 6.61 Å². The fourth-order valence-electron chi connectivity index (χ4n) is 3.89. The van der Waals surface area contributed by atoms with Gasteiger partial charge in [0.1, 0.15) is 5.82 Å². The lowest BCUT2D eigenvalue weighted by Crippen LogP contribution is -2.23. The first-order valence-electron chi connectivity index (χ1n) is 11.3. The summed E-state index contributed by atoms with van der Waals surface area (Å²) < 4.78 is 6.80. The Bertz CT molecular complexity index is 1260. The van der Waals surface area contributed by atoms with Gasteiger partial charge in [-0.1, -0.05) is 60.7 Å². The summed E-state index contributed by atoms with van der Waals surface area (Å²) in [5.41, 5.74) is 4.28. The van der Waals surface area contributed by atoms with Crippen molar-refractivity contribution < 1.29 is 14.3 Å². The Morgan fingerprint density at radius 1 is 0.857 bits per heavy atom. The number of hydrogen-bond acceptors (Lipinski definition) is 6. The molecule has 0 aliphatic rings. The lowest BCUT2D eigenvalue weighted by atomic mass is 9.89. The maximum Gasteiger partial charge on any atom is 0.307 e. The summed E-state index contributed by atoms with van der Waals surface area (Å²) in [6.45, 7) is 5.13. The van der Waals surface area contributed by atoms with Crippen molar-refractivity contribution >= 4 is 17.7 Å². The minimum absolute atomic E-state index is 0.120. The zero-order valence-electron chi connectivity index (χ0n) is 19.9. The summed E-state index contributed by atoms with van der Waals surface area (Å²) in [7, 11) is 0. The van der Waals surface area contributed by atoms with Crippen LogP contribution in [-0.4, -0.2) is 38.2 Å². The lowest BCUT2D eigenvalue weighted by Gasteiger charge is -2.17. The van der Waals surface area contributed by atoms with Crippen molar-refractivity contribution in [2.75, 3.05) is 11.9 Å². The van der Waals surface area contributed by atoms with Gasteiger partial charge in [-0.25, -0.2) is 9.97 Å². The predicted molar refractivity (Wildman–Crippen MR) is 132 cm³/mol. The highest BCUT2D eigenvalue weighted by molar-refractivity contribution is 5.92. The molecule has 2 heterocycles. The molecular formula is C27H27N5O3. The van der Waals surface area contributed by atoms with Gasteiger partial charge in [0.2, 0.25) is 0 Å². The van der Waals surface area contributed by atoms with Crippen LogP contribution in [0.5, 0.6) is 0 Å². The molecule has 178 valence electrons. The normalized spacial score (nSPS) is 10.9. The van der Waals surface area contributed by atoms with Crippen molar-refractivity contribution in [1.82, 2.24) is 19.7 Å². The summed E-state index contributed by atoms with van der Waals surface area (Å²) in [5.74, 6) is -0.338. The third-order valence-corrected chi connectivity index (χ3v) is 5.40. The minimum Gasteiger partial charge on any atom is -0.456 e. The molecule has 0 radical (unpaired) electrons. The van der Waals surface area contributed by atoms with E-state index in [9.17, 15) is 9.59 Å². The number of hydrogen-bond donors (Lipinski definition) is 1. The van der Waals surface area contributed by atoms with Crippen molar-refractivity contribution in [3.05, 3.63) is 101 Å². The maximum absolute atomic E-state index is 12.7. The quantitative estimate of drug-likeness (QED) is 0.387. The highest BCUT2D eigenvalue weighted by Crippen LogP contribution is 2.28. The topological polar surface area (TPSA) is 99.0 Å². The Morgan fingerprint density at radius 3 is 2.00 bits per heavy atom. The number of aromatic nitrogens is 4. The molecule has 0 fully saturated rings. The number of carbonyl (C=O) groups is 2. The Morgan fingerprint density at radius 2 is 1.43 bits per heavy atom. The van der Waals surface area contributed by atoms with Crippen LogP contribution >= 0.6 is 0 Å². The fourth-order valence-corrected chi connectivity index (χ4v) is 3.89. The molecule has 0 saturated carbocycles. The van der Waals surface area contributed by atoms with E-state index in [1.807, 2.05) is 87.5 Å². The van der Waals surface area contributed by atoms with Crippen LogP contribution in [0.4, 0.5) is 5.82 Å². The third kappa shape index (κ3) is 6.17. The first-order valence-corrected chi connectivity index (χ1v) is 11.3. The maximum atomic E-state index is 12.7. The van der Waals surface area contributed by atoms with Gasteiger partial charge in [-0.05, 0) is 38.0 Å². The molecule has 8 nitrogen and oxygen atoms in total. The second kappa shape index (κ2) is 10.7. The number of nitrogens with zero attached hydrogens (tertiary/aromatic N) is 4. The van der Waals surface area contributed by atoms with Crippen LogP contribution in [0.25, 0.3) is 5.95 Å². The molecule has 4 aromatic rings. The van der Waals surface area contributed by atoms with Crippen molar-refractivity contribution in [3.8, 4) is 5.95 Å². The number of anilines is 1. The van der Waals surface area contributed by atoms with E-state index in [1.165, 1.54) is 4.68 Å². The first kappa shape index (κ1) is 23.8. The van der Waals surface area contributed by atoms with Gasteiger partial charge in [-0.15, -0.1) is 0 Å². The van der Waals surface area contributed by atoms with Crippen LogP contribution in [0.3, 0.4) is 0 Å². The van der Waals surface area contributed by atoms with E-state index in [4.69, 9.17) is 4.74 Å². The number of amides is 1. The van der Waals surface area contributed by atoms with E-state index in [0.717, 1.165) is 22.5 Å². The SMILES string of the molecule is Cc1cc(C)nc(-n2nc(C)cc2NC(=O)COC(=O)CC(c2ccccc2)c2ccccc2)n1. The number of benzene rings is 2. The summed E-state index contributed by atoms with van der Waals surface area (Å²) in [5, 5.41) is 7.13. The number of nitrogens with one attached hydrogen (secondary N) is 1. The van der Waals surface area contributed by atoms with Crippen molar-refractivity contribution in [2.24, 2.45) is 0 Å². The van der Waals surface area contributed by atoms with Gasteiger partial charge in [0.05, 0.1) is 12.1 Å². The molecule has 0 aliphatic heterocycles. The largest absolute Gasteiger partial charge is 0.456 e. The lowest BCUT2D eigenvalue weighted by molar-refractivity contribution is -0.147. The molecule has 0 unspecified atom stereocenters. The van der Waals surface area contributed by atoms with E-state index in [0.29, 0.717) is 17.5 Å². The Kier molecular flexibility index (Phi) is 7.30. The Balaban J connectivity index is 1.41. The van der Waals surface area contributed by atoms with Crippen LogP contribution in [0.15, 0.2) is 72.8 Å². The second-order valence-electron chi connectivity index (χ2n) is 8.32. The van der Waals surface area contributed by atoms with E-state index >= 15 is 0 Å². The van der Waals surface area contributed by atoms with E-state index in [1.54, 1.807) is 6.07 Å². The summed E-state index contributed by atoms with van der Waals surface area (Å²) in [6.07, 6.45) is 0.120. The van der Waals surface area contributed by atoms with Gasteiger partial charge in [0, 0.05) is 23.4 Å². The average Bonchev–Trinajstić information content (AvgIpc) is 3.21. The molecule has 1 amide bonds. The molecule has 0 aliphatic carbocycles. The van der Waals surface area contributed by atoms with E-state index < -0.39 is 18.5 Å². The molecule has 1 N–H and O–H groups in total. The zero-order chi connectivity index (χ0) is 24.8. The third-order valence-electron chi connectivity index (χ3n) is 5.40.